The van der Waals surface area contributed by atoms with Gasteiger partial charge in [-0.3, -0.25) is 4.79 Å². The molecule has 0 radical (unpaired) electrons. The molecule has 1 aromatic rings. The molecule has 1 rings (SSSR count). The molecular weight excluding hydrogens is 162 g/mol. The minimum Gasteiger partial charge on any atom is -0.396 e. The van der Waals surface area contributed by atoms with Crippen LogP contribution in [0.25, 0.3) is 0 Å². The monoisotopic (exact) mass is 175 g/mol. The van der Waals surface area contributed by atoms with Crippen molar-refractivity contribution in [1.29, 1.82) is 0 Å². The Bertz CT molecular complexity index is 353. The smallest absolute Gasteiger partial charge is 0.208 e. The molecule has 0 unspecified atom stereocenters. The first-order chi connectivity index (χ1) is 6.15. The zero-order valence-electron chi connectivity index (χ0n) is 7.87. The Balaban J connectivity index is 3.03. The van der Waals surface area contributed by atoms with Crippen LogP contribution in [0, 0.1) is 6.92 Å². The highest BCUT2D eigenvalue weighted by Crippen LogP contribution is 2.07. The summed E-state index contributed by atoms with van der Waals surface area (Å²) in [6.07, 6.45) is 1.62. The third kappa shape index (κ3) is 2.18. The molecule has 0 spiro atoms. The van der Waals surface area contributed by atoms with E-state index >= 15 is 0 Å². The van der Waals surface area contributed by atoms with Gasteiger partial charge in [0.25, 0.3) is 0 Å². The van der Waals surface area contributed by atoms with E-state index in [9.17, 15) is 4.79 Å². The fourth-order valence-electron chi connectivity index (χ4n) is 1.08. The number of carbonyl (C=O) groups excluding carboxylic acids is 1. The molecule has 1 aromatic carbocycles. The number of aryl methyl sites for hydroxylation is 1. The molecular formula is C11H13NO. The number of hydrogen-bond donors (Lipinski definition) is 1. The lowest BCUT2D eigenvalue weighted by Crippen LogP contribution is -2.11. The Morgan fingerprint density at radius 2 is 2.15 bits per heavy atom. The van der Waals surface area contributed by atoms with Crippen molar-refractivity contribution in [3.8, 4) is 0 Å². The maximum atomic E-state index is 11.5. The molecule has 0 aliphatic carbocycles. The fraction of sp³-hybridized carbons (Fsp3) is 0.182. The third-order valence-corrected chi connectivity index (χ3v) is 1.85. The highest BCUT2D eigenvalue weighted by atomic mass is 16.1. The molecule has 0 aliphatic rings. The van der Waals surface area contributed by atoms with Crippen LogP contribution in [0.15, 0.2) is 36.0 Å². The van der Waals surface area contributed by atoms with E-state index in [4.69, 9.17) is 5.73 Å². The standard InChI is InChI=1S/C11H13NO/c1-3-10(12)11(13)9-6-4-5-8(2)7-9/h3-7H,12H2,1-2H3/b10-3-. The Hall–Kier alpha value is -1.57. The summed E-state index contributed by atoms with van der Waals surface area (Å²) >= 11 is 0. The van der Waals surface area contributed by atoms with Crippen LogP contribution in [-0.2, 0) is 0 Å². The van der Waals surface area contributed by atoms with Crippen molar-refractivity contribution < 1.29 is 4.79 Å². The van der Waals surface area contributed by atoms with Crippen molar-refractivity contribution in [2.45, 2.75) is 13.8 Å². The second-order valence-corrected chi connectivity index (χ2v) is 2.94. The molecule has 68 valence electrons. The molecule has 0 amide bonds. The minimum atomic E-state index is -0.105. The van der Waals surface area contributed by atoms with Crippen molar-refractivity contribution >= 4 is 5.78 Å². The normalized spacial score (nSPS) is 11.4. The second kappa shape index (κ2) is 3.90. The van der Waals surface area contributed by atoms with Gasteiger partial charge < -0.3 is 5.73 Å². The van der Waals surface area contributed by atoms with Gasteiger partial charge in [0.1, 0.15) is 0 Å². The van der Waals surface area contributed by atoms with Crippen molar-refractivity contribution in [2.24, 2.45) is 5.73 Å². The molecule has 0 bridgehead atoms. The Kier molecular flexibility index (Phi) is 2.85. The largest absolute Gasteiger partial charge is 0.396 e. The van der Waals surface area contributed by atoms with Crippen LogP contribution in [0.1, 0.15) is 22.8 Å². The van der Waals surface area contributed by atoms with Gasteiger partial charge in [-0.25, -0.2) is 0 Å². The van der Waals surface area contributed by atoms with Gasteiger partial charge in [0.15, 0.2) is 0 Å². The van der Waals surface area contributed by atoms with Crippen molar-refractivity contribution in [3.63, 3.8) is 0 Å². The number of ketones is 1. The van der Waals surface area contributed by atoms with Crippen molar-refractivity contribution in [3.05, 3.63) is 47.2 Å². The van der Waals surface area contributed by atoms with E-state index in [1.54, 1.807) is 19.1 Å². The molecule has 0 saturated carbocycles. The minimum absolute atomic E-state index is 0.105. The first-order valence-corrected chi connectivity index (χ1v) is 4.18. The molecule has 2 N–H and O–H groups in total. The van der Waals surface area contributed by atoms with E-state index < -0.39 is 0 Å². The number of nitrogens with two attached hydrogens (primary N) is 1. The lowest BCUT2D eigenvalue weighted by atomic mass is 10.1. The molecule has 0 fully saturated rings. The summed E-state index contributed by atoms with van der Waals surface area (Å²) in [5.41, 5.74) is 7.52. The fourth-order valence-corrected chi connectivity index (χ4v) is 1.08. The van der Waals surface area contributed by atoms with E-state index in [2.05, 4.69) is 0 Å². The molecule has 2 heteroatoms. The van der Waals surface area contributed by atoms with Crippen molar-refractivity contribution in [2.75, 3.05) is 0 Å². The Morgan fingerprint density at radius 1 is 1.46 bits per heavy atom. The van der Waals surface area contributed by atoms with Crippen LogP contribution in [0.5, 0.6) is 0 Å². The maximum Gasteiger partial charge on any atom is 0.208 e. The number of rotatable bonds is 2. The van der Waals surface area contributed by atoms with E-state index in [0.29, 0.717) is 11.3 Å². The first kappa shape index (κ1) is 9.52. The summed E-state index contributed by atoms with van der Waals surface area (Å²) < 4.78 is 0. The zero-order chi connectivity index (χ0) is 9.84. The summed E-state index contributed by atoms with van der Waals surface area (Å²) in [5, 5.41) is 0. The molecule has 0 atom stereocenters. The summed E-state index contributed by atoms with van der Waals surface area (Å²) in [7, 11) is 0. The molecule has 2 nitrogen and oxygen atoms in total. The summed E-state index contributed by atoms with van der Waals surface area (Å²) in [6.45, 7) is 3.70. The summed E-state index contributed by atoms with van der Waals surface area (Å²) in [6, 6.07) is 7.40. The van der Waals surface area contributed by atoms with Gasteiger partial charge in [0.05, 0.1) is 5.70 Å². The third-order valence-electron chi connectivity index (χ3n) is 1.85. The molecule has 0 aromatic heterocycles. The average molecular weight is 175 g/mol. The highest BCUT2D eigenvalue weighted by Gasteiger charge is 2.06. The predicted molar refractivity (Wildman–Crippen MR) is 53.5 cm³/mol. The van der Waals surface area contributed by atoms with Gasteiger partial charge in [-0.05, 0) is 19.9 Å². The SMILES string of the molecule is C/C=C(\N)C(=O)c1cccc(C)c1. The summed E-state index contributed by atoms with van der Waals surface area (Å²) in [5.74, 6) is -0.105. The molecule has 13 heavy (non-hydrogen) atoms. The van der Waals surface area contributed by atoms with Crippen LogP contribution in [-0.4, -0.2) is 5.78 Å². The quantitative estimate of drug-likeness (QED) is 0.552. The van der Waals surface area contributed by atoms with Gasteiger partial charge in [-0.2, -0.15) is 0 Å². The van der Waals surface area contributed by atoms with E-state index in [1.165, 1.54) is 0 Å². The van der Waals surface area contributed by atoms with E-state index in [1.807, 2.05) is 25.1 Å². The van der Waals surface area contributed by atoms with Gasteiger partial charge in [-0.15, -0.1) is 0 Å². The van der Waals surface area contributed by atoms with Gasteiger partial charge in [0.2, 0.25) is 5.78 Å². The van der Waals surface area contributed by atoms with Crippen LogP contribution in [0.2, 0.25) is 0 Å². The number of benzene rings is 1. The van der Waals surface area contributed by atoms with Crippen LogP contribution in [0.4, 0.5) is 0 Å². The Labute approximate surface area is 78.1 Å². The van der Waals surface area contributed by atoms with Crippen LogP contribution < -0.4 is 5.73 Å². The number of Topliss-reactive ketones (excluding diaryl/α,β-unsaturated/α-hetero) is 1. The number of allylic oxidation sites excluding steroid dienone is 2. The lowest BCUT2D eigenvalue weighted by Gasteiger charge is -2.00. The first-order valence-electron chi connectivity index (χ1n) is 4.18. The predicted octanol–water partition coefficient (Wildman–Crippen LogP) is 2.04. The number of hydrogen-bond acceptors (Lipinski definition) is 2. The van der Waals surface area contributed by atoms with Gasteiger partial charge >= 0.3 is 0 Å². The average Bonchev–Trinajstić information content (AvgIpc) is 2.15. The molecule has 0 aliphatic heterocycles. The van der Waals surface area contributed by atoms with Crippen molar-refractivity contribution in [1.82, 2.24) is 0 Å². The highest BCUT2D eigenvalue weighted by molar-refractivity contribution is 6.08. The Morgan fingerprint density at radius 3 is 2.69 bits per heavy atom. The topological polar surface area (TPSA) is 43.1 Å². The summed E-state index contributed by atoms with van der Waals surface area (Å²) in [4.78, 5) is 11.5. The van der Waals surface area contributed by atoms with Crippen LogP contribution in [0.3, 0.4) is 0 Å². The number of carbonyl (C=O) groups is 1. The van der Waals surface area contributed by atoms with E-state index in [0.717, 1.165) is 5.56 Å². The second-order valence-electron chi connectivity index (χ2n) is 2.94. The van der Waals surface area contributed by atoms with Crippen LogP contribution >= 0.6 is 0 Å². The molecule has 0 heterocycles. The zero-order valence-corrected chi connectivity index (χ0v) is 7.87. The van der Waals surface area contributed by atoms with Gasteiger partial charge in [0, 0.05) is 5.56 Å². The maximum absolute atomic E-state index is 11.5. The van der Waals surface area contributed by atoms with Gasteiger partial charge in [-0.1, -0.05) is 29.8 Å². The lowest BCUT2D eigenvalue weighted by molar-refractivity contribution is 0.103. The molecule has 0 saturated heterocycles. The van der Waals surface area contributed by atoms with E-state index in [-0.39, 0.29) is 5.78 Å².